The highest BCUT2D eigenvalue weighted by Gasteiger charge is 2.27. The average molecular weight is 575 g/mol. The summed E-state index contributed by atoms with van der Waals surface area (Å²) in [6, 6.07) is 7.46. The number of hydrogen-bond acceptors (Lipinski definition) is 3. The van der Waals surface area contributed by atoms with Crippen molar-refractivity contribution in [2.45, 2.75) is 70.2 Å². The first-order chi connectivity index (χ1) is 14.3. The standard InChI is InChI=1S/C21H32F3N3O2S.HI/c1-3-25-20(27-18-6-5-7-19(12-18)30(28)4-2)26-13-16-8-10-17(11-9-16)14-29-15-21(22,23)24;/h8-11,18-19H,3-7,12-15H2,1-2H3,(H2,25,26,27);1H. The number of benzene rings is 1. The molecule has 178 valence electrons. The van der Waals surface area contributed by atoms with E-state index in [1.165, 1.54) is 0 Å². The van der Waals surface area contributed by atoms with E-state index in [2.05, 4.69) is 20.4 Å². The van der Waals surface area contributed by atoms with Crippen molar-refractivity contribution in [2.75, 3.05) is 18.9 Å². The lowest BCUT2D eigenvalue weighted by Crippen LogP contribution is -2.46. The zero-order valence-corrected chi connectivity index (χ0v) is 21.2. The first-order valence-electron chi connectivity index (χ1n) is 10.4. The molecule has 1 aliphatic carbocycles. The number of alkyl halides is 3. The van der Waals surface area contributed by atoms with Gasteiger partial charge in [-0.3, -0.25) is 4.21 Å². The molecule has 1 fully saturated rings. The highest BCUT2D eigenvalue weighted by molar-refractivity contribution is 14.0. The molecule has 0 saturated heterocycles. The van der Waals surface area contributed by atoms with Crippen molar-refractivity contribution in [3.8, 4) is 0 Å². The minimum absolute atomic E-state index is 0. The number of aliphatic imine (C=N–C) groups is 1. The van der Waals surface area contributed by atoms with Gasteiger partial charge in [-0.15, -0.1) is 24.0 Å². The largest absolute Gasteiger partial charge is 0.411 e. The topological polar surface area (TPSA) is 62.7 Å². The van der Waals surface area contributed by atoms with E-state index in [1.54, 1.807) is 12.1 Å². The fourth-order valence-corrected chi connectivity index (χ4v) is 4.81. The minimum Gasteiger partial charge on any atom is -0.367 e. The Morgan fingerprint density at radius 3 is 2.48 bits per heavy atom. The van der Waals surface area contributed by atoms with Crippen LogP contribution in [0.5, 0.6) is 0 Å². The lowest BCUT2D eigenvalue weighted by Gasteiger charge is -2.30. The summed E-state index contributed by atoms with van der Waals surface area (Å²) < 4.78 is 53.3. The molecule has 1 saturated carbocycles. The summed E-state index contributed by atoms with van der Waals surface area (Å²) in [7, 11) is -0.769. The Balaban J connectivity index is 0.00000480. The average Bonchev–Trinajstić information content (AvgIpc) is 2.72. The van der Waals surface area contributed by atoms with Crippen molar-refractivity contribution in [1.29, 1.82) is 0 Å². The number of halogens is 4. The number of guanidine groups is 1. The van der Waals surface area contributed by atoms with Crippen molar-refractivity contribution in [3.63, 3.8) is 0 Å². The van der Waals surface area contributed by atoms with Gasteiger partial charge in [0.2, 0.25) is 0 Å². The summed E-state index contributed by atoms with van der Waals surface area (Å²) in [6.45, 7) is 3.84. The van der Waals surface area contributed by atoms with E-state index in [0.29, 0.717) is 17.9 Å². The predicted octanol–water partition coefficient (Wildman–Crippen LogP) is 4.52. The van der Waals surface area contributed by atoms with Gasteiger partial charge >= 0.3 is 6.18 Å². The fourth-order valence-electron chi connectivity index (χ4n) is 3.46. The van der Waals surface area contributed by atoms with Gasteiger partial charge in [0.25, 0.3) is 0 Å². The summed E-state index contributed by atoms with van der Waals surface area (Å²) in [4.78, 5) is 4.63. The smallest absolute Gasteiger partial charge is 0.367 e. The van der Waals surface area contributed by atoms with Crippen LogP contribution in [-0.2, 0) is 28.7 Å². The molecule has 5 nitrogen and oxygen atoms in total. The van der Waals surface area contributed by atoms with E-state index in [0.717, 1.165) is 43.8 Å². The summed E-state index contributed by atoms with van der Waals surface area (Å²) in [5, 5.41) is 6.96. The van der Waals surface area contributed by atoms with Crippen LogP contribution < -0.4 is 10.6 Å². The molecule has 2 N–H and O–H groups in total. The maximum absolute atomic E-state index is 12.1. The molecule has 1 aromatic rings. The second kappa shape index (κ2) is 14.3. The van der Waals surface area contributed by atoms with Crippen molar-refractivity contribution in [1.82, 2.24) is 10.6 Å². The second-order valence-corrected chi connectivity index (χ2v) is 9.42. The van der Waals surface area contributed by atoms with Crippen LogP contribution in [0.25, 0.3) is 0 Å². The van der Waals surface area contributed by atoms with E-state index >= 15 is 0 Å². The molecule has 0 aliphatic heterocycles. The maximum atomic E-state index is 12.1. The number of nitrogens with zero attached hydrogens (tertiary/aromatic N) is 1. The quantitative estimate of drug-likeness (QED) is 0.259. The van der Waals surface area contributed by atoms with E-state index < -0.39 is 23.6 Å². The van der Waals surface area contributed by atoms with Crippen LogP contribution in [0.15, 0.2) is 29.3 Å². The Kier molecular flexibility index (Phi) is 13.0. The molecule has 1 aromatic carbocycles. The van der Waals surface area contributed by atoms with E-state index in [9.17, 15) is 17.4 Å². The highest BCUT2D eigenvalue weighted by Crippen LogP contribution is 2.23. The van der Waals surface area contributed by atoms with Crippen LogP contribution in [0.4, 0.5) is 13.2 Å². The van der Waals surface area contributed by atoms with E-state index in [4.69, 9.17) is 0 Å². The molecule has 3 atom stereocenters. The van der Waals surface area contributed by atoms with E-state index in [1.807, 2.05) is 26.0 Å². The molecule has 0 aromatic heterocycles. The normalized spacial score (nSPS) is 20.6. The summed E-state index contributed by atoms with van der Waals surface area (Å²) in [5.74, 6) is 1.42. The highest BCUT2D eigenvalue weighted by atomic mass is 127. The molecule has 0 bridgehead atoms. The van der Waals surface area contributed by atoms with Crippen LogP contribution in [0.2, 0.25) is 0 Å². The van der Waals surface area contributed by atoms with Gasteiger partial charge in [0.1, 0.15) is 6.61 Å². The number of nitrogens with one attached hydrogen (secondary N) is 2. The monoisotopic (exact) mass is 575 g/mol. The Hall–Kier alpha value is -0.880. The first kappa shape index (κ1) is 28.2. The number of ether oxygens (including phenoxy) is 1. The molecule has 3 unspecified atom stereocenters. The molecule has 2 rings (SSSR count). The molecule has 0 heterocycles. The lowest BCUT2D eigenvalue weighted by atomic mass is 9.95. The third kappa shape index (κ3) is 11.0. The molecule has 0 amide bonds. The van der Waals surface area contributed by atoms with Crippen molar-refractivity contribution >= 4 is 40.7 Å². The number of rotatable bonds is 9. The molecular formula is C21H33F3IN3O2S. The third-order valence-electron chi connectivity index (χ3n) is 4.94. The van der Waals surface area contributed by atoms with Crippen LogP contribution in [0, 0.1) is 0 Å². The van der Waals surface area contributed by atoms with Crippen LogP contribution in [0.1, 0.15) is 50.7 Å². The molecular weight excluding hydrogens is 542 g/mol. The predicted molar refractivity (Wildman–Crippen MR) is 130 cm³/mol. The molecule has 10 heteroatoms. The fraction of sp³-hybridized carbons (Fsp3) is 0.667. The Bertz CT molecular complexity index is 702. The van der Waals surface area contributed by atoms with Gasteiger partial charge in [-0.05, 0) is 37.3 Å². The third-order valence-corrected chi connectivity index (χ3v) is 6.69. The Labute approximate surface area is 202 Å². The zero-order valence-electron chi connectivity index (χ0n) is 18.0. The molecule has 0 spiro atoms. The second-order valence-electron chi connectivity index (χ2n) is 7.42. The lowest BCUT2D eigenvalue weighted by molar-refractivity contribution is -0.176. The molecule has 31 heavy (non-hydrogen) atoms. The summed E-state index contributed by atoms with van der Waals surface area (Å²) in [6.07, 6.45) is -0.309. The van der Waals surface area contributed by atoms with Crippen molar-refractivity contribution in [3.05, 3.63) is 35.4 Å². The van der Waals surface area contributed by atoms with Gasteiger partial charge in [-0.2, -0.15) is 13.2 Å². The minimum atomic E-state index is -4.31. The van der Waals surface area contributed by atoms with Gasteiger partial charge in [0.05, 0.1) is 13.2 Å². The van der Waals surface area contributed by atoms with Gasteiger partial charge < -0.3 is 15.4 Å². The Morgan fingerprint density at radius 2 is 1.87 bits per heavy atom. The number of hydrogen-bond donors (Lipinski definition) is 2. The maximum Gasteiger partial charge on any atom is 0.411 e. The van der Waals surface area contributed by atoms with Crippen molar-refractivity contribution < 1.29 is 22.1 Å². The van der Waals surface area contributed by atoms with Crippen molar-refractivity contribution in [2.24, 2.45) is 4.99 Å². The van der Waals surface area contributed by atoms with Gasteiger partial charge in [0.15, 0.2) is 5.96 Å². The van der Waals surface area contributed by atoms with E-state index in [-0.39, 0.29) is 41.9 Å². The van der Waals surface area contributed by atoms with Crippen LogP contribution >= 0.6 is 24.0 Å². The zero-order chi connectivity index (χ0) is 22.0. The van der Waals surface area contributed by atoms with Gasteiger partial charge in [-0.1, -0.05) is 37.6 Å². The SMILES string of the molecule is CCNC(=NCc1ccc(COCC(F)(F)F)cc1)NC1CCCC(S(=O)CC)C1.I. The Morgan fingerprint density at radius 1 is 1.19 bits per heavy atom. The van der Waals surface area contributed by atoms with Gasteiger partial charge in [-0.25, -0.2) is 4.99 Å². The summed E-state index contributed by atoms with van der Waals surface area (Å²) >= 11 is 0. The van der Waals surface area contributed by atoms with Gasteiger partial charge in [0, 0.05) is 34.4 Å². The van der Waals surface area contributed by atoms with Crippen LogP contribution in [0.3, 0.4) is 0 Å². The molecule has 1 aliphatic rings. The molecule has 0 radical (unpaired) electrons. The van der Waals surface area contributed by atoms with Crippen LogP contribution in [-0.4, -0.2) is 46.5 Å². The first-order valence-corrected chi connectivity index (χ1v) is 11.8. The summed E-state index contributed by atoms with van der Waals surface area (Å²) in [5.41, 5.74) is 1.65.